The zero-order valence-corrected chi connectivity index (χ0v) is 18.7. The number of nitrogens with zero attached hydrogens (tertiary/aromatic N) is 2. The third-order valence-electron chi connectivity index (χ3n) is 5.59. The lowest BCUT2D eigenvalue weighted by molar-refractivity contribution is -0.00118. The Bertz CT molecular complexity index is 1250. The number of rotatable bonds is 7. The first-order valence-electron chi connectivity index (χ1n) is 10.3. The van der Waals surface area contributed by atoms with E-state index < -0.39 is 6.10 Å². The second-order valence-corrected chi connectivity index (χ2v) is 9.00. The van der Waals surface area contributed by atoms with Crippen LogP contribution in [0, 0.1) is 20.8 Å². The molecular weight excluding hydrogens is 408 g/mol. The summed E-state index contributed by atoms with van der Waals surface area (Å²) in [6.45, 7) is 6.21. The van der Waals surface area contributed by atoms with Crippen molar-refractivity contribution in [3.05, 3.63) is 98.4 Å². The molecule has 31 heavy (non-hydrogen) atoms. The SMILES string of the molecule is Cc1ccccc1C(OCC(O)Cn1cnc2sc(C)c(C)c2c1=O)c1ccccc1. The third kappa shape index (κ3) is 4.46. The van der Waals surface area contributed by atoms with Crippen LogP contribution in [0.3, 0.4) is 0 Å². The molecule has 2 heterocycles. The number of aliphatic hydroxyl groups is 1. The summed E-state index contributed by atoms with van der Waals surface area (Å²) < 4.78 is 7.67. The Morgan fingerprint density at radius 2 is 1.77 bits per heavy atom. The molecule has 0 fully saturated rings. The molecule has 0 aliphatic heterocycles. The van der Waals surface area contributed by atoms with Gasteiger partial charge in [-0.25, -0.2) is 4.98 Å². The number of thiophene rings is 1. The van der Waals surface area contributed by atoms with Gasteiger partial charge in [-0.2, -0.15) is 0 Å². The van der Waals surface area contributed by atoms with Crippen LogP contribution in [0.1, 0.15) is 33.2 Å². The van der Waals surface area contributed by atoms with Crippen LogP contribution in [-0.4, -0.2) is 27.4 Å². The molecule has 0 spiro atoms. The Balaban J connectivity index is 1.54. The quantitative estimate of drug-likeness (QED) is 0.463. The zero-order valence-electron chi connectivity index (χ0n) is 17.9. The Kier molecular flexibility index (Phi) is 6.32. The number of aromatic nitrogens is 2. The fourth-order valence-electron chi connectivity index (χ4n) is 3.76. The molecule has 6 heteroatoms. The van der Waals surface area contributed by atoms with E-state index in [9.17, 15) is 9.90 Å². The Morgan fingerprint density at radius 3 is 2.52 bits per heavy atom. The van der Waals surface area contributed by atoms with Gasteiger partial charge >= 0.3 is 0 Å². The summed E-state index contributed by atoms with van der Waals surface area (Å²) in [6.07, 6.45) is 0.377. The van der Waals surface area contributed by atoms with Crippen molar-refractivity contribution in [3.8, 4) is 0 Å². The highest BCUT2D eigenvalue weighted by molar-refractivity contribution is 7.18. The van der Waals surface area contributed by atoms with Gasteiger partial charge in [0, 0.05) is 4.88 Å². The van der Waals surface area contributed by atoms with E-state index in [1.165, 1.54) is 22.2 Å². The number of aryl methyl sites for hydroxylation is 3. The second-order valence-electron chi connectivity index (χ2n) is 7.80. The molecule has 0 aliphatic carbocycles. The molecule has 2 atom stereocenters. The number of fused-ring (bicyclic) bond motifs is 1. The first-order chi connectivity index (χ1) is 15.0. The van der Waals surface area contributed by atoms with Gasteiger partial charge in [0.2, 0.25) is 0 Å². The van der Waals surface area contributed by atoms with E-state index in [1.54, 1.807) is 0 Å². The van der Waals surface area contributed by atoms with Gasteiger partial charge in [0.25, 0.3) is 5.56 Å². The first kappa shape index (κ1) is 21.4. The van der Waals surface area contributed by atoms with Gasteiger partial charge in [-0.3, -0.25) is 9.36 Å². The molecule has 4 rings (SSSR count). The number of hydrogen-bond donors (Lipinski definition) is 1. The fraction of sp³-hybridized carbons (Fsp3) is 0.280. The maximum atomic E-state index is 12.9. The molecule has 1 N–H and O–H groups in total. The molecule has 2 unspecified atom stereocenters. The topological polar surface area (TPSA) is 64.3 Å². The lowest BCUT2D eigenvalue weighted by atomic mass is 9.97. The van der Waals surface area contributed by atoms with E-state index in [1.807, 2.05) is 62.4 Å². The van der Waals surface area contributed by atoms with Crippen LogP contribution in [0.4, 0.5) is 0 Å². The predicted molar refractivity (Wildman–Crippen MR) is 125 cm³/mol. The fourth-order valence-corrected chi connectivity index (χ4v) is 4.75. The van der Waals surface area contributed by atoms with E-state index >= 15 is 0 Å². The summed E-state index contributed by atoms with van der Waals surface area (Å²) in [5.41, 5.74) is 4.05. The molecule has 5 nitrogen and oxygen atoms in total. The number of aliphatic hydroxyl groups excluding tert-OH is 1. The van der Waals surface area contributed by atoms with E-state index in [4.69, 9.17) is 4.74 Å². The number of hydrogen-bond acceptors (Lipinski definition) is 5. The van der Waals surface area contributed by atoms with Crippen LogP contribution in [0.2, 0.25) is 0 Å². The number of ether oxygens (including phenoxy) is 1. The molecule has 0 bridgehead atoms. The predicted octanol–water partition coefficient (Wildman–Crippen LogP) is 4.55. The molecule has 4 aromatic rings. The lowest BCUT2D eigenvalue weighted by Crippen LogP contribution is -2.30. The maximum Gasteiger partial charge on any atom is 0.262 e. The minimum Gasteiger partial charge on any atom is -0.389 e. The summed E-state index contributed by atoms with van der Waals surface area (Å²) in [7, 11) is 0. The summed E-state index contributed by atoms with van der Waals surface area (Å²) in [5, 5.41) is 11.3. The largest absolute Gasteiger partial charge is 0.389 e. The van der Waals surface area contributed by atoms with Crippen molar-refractivity contribution in [2.24, 2.45) is 0 Å². The summed E-state index contributed by atoms with van der Waals surface area (Å²) in [5.74, 6) is 0. The average Bonchev–Trinajstić information content (AvgIpc) is 3.06. The highest BCUT2D eigenvalue weighted by Gasteiger charge is 2.19. The second kappa shape index (κ2) is 9.14. The van der Waals surface area contributed by atoms with Crippen LogP contribution in [0.25, 0.3) is 10.2 Å². The Morgan fingerprint density at radius 1 is 1.06 bits per heavy atom. The molecule has 2 aromatic heterocycles. The summed E-state index contributed by atoms with van der Waals surface area (Å²) in [4.78, 5) is 19.1. The van der Waals surface area contributed by atoms with Gasteiger partial charge in [0.1, 0.15) is 10.9 Å². The van der Waals surface area contributed by atoms with Gasteiger partial charge in [-0.1, -0.05) is 54.6 Å². The van der Waals surface area contributed by atoms with Crippen molar-refractivity contribution in [1.82, 2.24) is 9.55 Å². The van der Waals surface area contributed by atoms with Crippen molar-refractivity contribution < 1.29 is 9.84 Å². The lowest BCUT2D eigenvalue weighted by Gasteiger charge is -2.22. The molecular formula is C25H26N2O3S. The molecule has 0 saturated carbocycles. The molecule has 0 saturated heterocycles. The Labute approximate surface area is 185 Å². The smallest absolute Gasteiger partial charge is 0.262 e. The van der Waals surface area contributed by atoms with Crippen LogP contribution in [-0.2, 0) is 11.3 Å². The van der Waals surface area contributed by atoms with Gasteiger partial charge in [0.15, 0.2) is 0 Å². The van der Waals surface area contributed by atoms with Crippen LogP contribution >= 0.6 is 11.3 Å². The monoisotopic (exact) mass is 434 g/mol. The third-order valence-corrected chi connectivity index (χ3v) is 6.71. The van der Waals surface area contributed by atoms with Gasteiger partial charge in [0.05, 0.1) is 31.0 Å². The van der Waals surface area contributed by atoms with Crippen molar-refractivity contribution in [1.29, 1.82) is 0 Å². The average molecular weight is 435 g/mol. The summed E-state index contributed by atoms with van der Waals surface area (Å²) in [6, 6.07) is 18.1. The van der Waals surface area contributed by atoms with Crippen molar-refractivity contribution >= 4 is 21.6 Å². The van der Waals surface area contributed by atoms with Crippen LogP contribution in [0.5, 0.6) is 0 Å². The van der Waals surface area contributed by atoms with Gasteiger partial charge < -0.3 is 9.84 Å². The van der Waals surface area contributed by atoms with Crippen molar-refractivity contribution in [2.75, 3.05) is 6.61 Å². The Hall–Kier alpha value is -2.80. The zero-order chi connectivity index (χ0) is 22.0. The van der Waals surface area contributed by atoms with E-state index in [0.29, 0.717) is 5.39 Å². The first-order valence-corrected chi connectivity index (χ1v) is 11.1. The van der Waals surface area contributed by atoms with Gasteiger partial charge in [-0.15, -0.1) is 11.3 Å². The van der Waals surface area contributed by atoms with E-state index in [-0.39, 0.29) is 24.8 Å². The van der Waals surface area contributed by atoms with Crippen molar-refractivity contribution in [3.63, 3.8) is 0 Å². The van der Waals surface area contributed by atoms with Crippen LogP contribution in [0.15, 0.2) is 65.7 Å². The maximum absolute atomic E-state index is 12.9. The molecule has 0 radical (unpaired) electrons. The number of benzene rings is 2. The normalized spacial score (nSPS) is 13.4. The van der Waals surface area contributed by atoms with E-state index in [2.05, 4.69) is 18.0 Å². The molecule has 2 aromatic carbocycles. The highest BCUT2D eigenvalue weighted by atomic mass is 32.1. The molecule has 160 valence electrons. The minimum atomic E-state index is -0.841. The standard InChI is InChI=1S/C25H26N2O3S/c1-16-9-7-8-12-21(16)23(19-10-5-4-6-11-19)30-14-20(28)13-27-15-26-24-22(25(27)29)17(2)18(3)31-24/h4-12,15,20,23,28H,13-14H2,1-3H3. The molecule has 0 aliphatic rings. The van der Waals surface area contributed by atoms with Gasteiger partial charge in [-0.05, 0) is 43.0 Å². The van der Waals surface area contributed by atoms with E-state index in [0.717, 1.165) is 32.0 Å². The van der Waals surface area contributed by atoms with Crippen molar-refractivity contribution in [2.45, 2.75) is 39.5 Å². The summed E-state index contributed by atoms with van der Waals surface area (Å²) >= 11 is 1.52. The highest BCUT2D eigenvalue weighted by Crippen LogP contribution is 2.29. The van der Waals surface area contributed by atoms with Crippen LogP contribution < -0.4 is 5.56 Å². The molecule has 0 amide bonds. The minimum absolute atomic E-state index is 0.0972.